The molecule has 0 aliphatic heterocycles. The number of rotatable bonds is 7. The first-order valence-corrected chi connectivity index (χ1v) is 5.83. The average molecular weight is 235 g/mol. The maximum atomic E-state index is 11.1. The van der Waals surface area contributed by atoms with Gasteiger partial charge in [-0.15, -0.1) is 11.8 Å². The Morgan fingerprint density at radius 1 is 1.33 bits per heavy atom. The van der Waals surface area contributed by atoms with E-state index in [4.69, 9.17) is 5.11 Å². The number of hydrogen-bond acceptors (Lipinski definition) is 4. The van der Waals surface area contributed by atoms with Crippen LogP contribution in [0.1, 0.15) is 13.8 Å². The maximum absolute atomic E-state index is 11.1. The molecule has 88 valence electrons. The third-order valence-corrected chi connectivity index (χ3v) is 2.65. The van der Waals surface area contributed by atoms with E-state index in [0.29, 0.717) is 0 Å². The summed E-state index contributed by atoms with van der Waals surface area (Å²) in [5.74, 6) is -1.06. The van der Waals surface area contributed by atoms with Gasteiger partial charge in [0, 0.05) is 6.54 Å². The van der Waals surface area contributed by atoms with Crippen LogP contribution >= 0.6 is 11.8 Å². The fraction of sp³-hybridized carbons (Fsp3) is 0.778. The molecule has 1 atom stereocenters. The van der Waals surface area contributed by atoms with Gasteiger partial charge in [-0.3, -0.25) is 9.59 Å². The Morgan fingerprint density at radius 3 is 2.40 bits per heavy atom. The van der Waals surface area contributed by atoms with Gasteiger partial charge in [0.25, 0.3) is 0 Å². The van der Waals surface area contributed by atoms with Crippen LogP contribution in [0.2, 0.25) is 0 Å². The number of aliphatic hydroxyl groups is 1. The monoisotopic (exact) mass is 235 g/mol. The van der Waals surface area contributed by atoms with Gasteiger partial charge in [-0.25, -0.2) is 0 Å². The van der Waals surface area contributed by atoms with Crippen molar-refractivity contribution in [3.8, 4) is 0 Å². The zero-order valence-corrected chi connectivity index (χ0v) is 9.71. The van der Waals surface area contributed by atoms with Gasteiger partial charge in [-0.05, 0) is 5.92 Å². The molecule has 1 amide bonds. The molecule has 3 N–H and O–H groups in total. The lowest BCUT2D eigenvalue weighted by Gasteiger charge is -2.14. The van der Waals surface area contributed by atoms with Crippen molar-refractivity contribution in [3.05, 3.63) is 0 Å². The van der Waals surface area contributed by atoms with Gasteiger partial charge in [-0.2, -0.15) is 0 Å². The van der Waals surface area contributed by atoms with Crippen molar-refractivity contribution in [3.63, 3.8) is 0 Å². The summed E-state index contributed by atoms with van der Waals surface area (Å²) in [5, 5.41) is 20.2. The fourth-order valence-electron chi connectivity index (χ4n) is 0.736. The second-order valence-corrected chi connectivity index (χ2v) is 4.49. The zero-order chi connectivity index (χ0) is 11.8. The maximum Gasteiger partial charge on any atom is 0.313 e. The topological polar surface area (TPSA) is 86.6 Å². The molecule has 0 radical (unpaired) electrons. The smallest absolute Gasteiger partial charge is 0.313 e. The minimum absolute atomic E-state index is 0.0832. The van der Waals surface area contributed by atoms with Crippen molar-refractivity contribution in [2.45, 2.75) is 20.0 Å². The molecule has 0 heterocycles. The predicted octanol–water partition coefficient (Wildman–Crippen LogP) is -0.0627. The second kappa shape index (κ2) is 7.53. The van der Waals surface area contributed by atoms with E-state index in [1.165, 1.54) is 0 Å². The molecule has 0 aromatic carbocycles. The summed E-state index contributed by atoms with van der Waals surface area (Å²) in [6, 6.07) is 0. The molecule has 15 heavy (non-hydrogen) atoms. The highest BCUT2D eigenvalue weighted by atomic mass is 32.2. The molecule has 0 bridgehead atoms. The molecule has 0 saturated heterocycles. The minimum Gasteiger partial charge on any atom is -0.481 e. The molecular weight excluding hydrogens is 218 g/mol. The molecule has 0 saturated carbocycles. The van der Waals surface area contributed by atoms with E-state index in [-0.39, 0.29) is 29.9 Å². The molecule has 6 heteroatoms. The highest BCUT2D eigenvalue weighted by molar-refractivity contribution is 8.00. The fourth-order valence-corrected chi connectivity index (χ4v) is 1.30. The molecule has 0 spiro atoms. The van der Waals surface area contributed by atoms with Crippen molar-refractivity contribution in [2.24, 2.45) is 5.92 Å². The quantitative estimate of drug-likeness (QED) is 0.575. The molecule has 0 aliphatic carbocycles. The van der Waals surface area contributed by atoms with Gasteiger partial charge >= 0.3 is 5.97 Å². The summed E-state index contributed by atoms with van der Waals surface area (Å²) in [6.07, 6.45) is -0.557. The predicted molar refractivity (Wildman–Crippen MR) is 58.8 cm³/mol. The van der Waals surface area contributed by atoms with Gasteiger partial charge in [0.05, 0.1) is 17.6 Å². The summed E-state index contributed by atoms with van der Waals surface area (Å²) in [5.41, 5.74) is 0. The highest BCUT2D eigenvalue weighted by Crippen LogP contribution is 2.00. The number of thioether (sulfide) groups is 1. The van der Waals surface area contributed by atoms with Gasteiger partial charge in [0.15, 0.2) is 0 Å². The molecule has 0 fully saturated rings. The first kappa shape index (κ1) is 14.2. The van der Waals surface area contributed by atoms with Gasteiger partial charge in [0.2, 0.25) is 5.91 Å². The molecular formula is C9H17NO4S. The summed E-state index contributed by atoms with van der Waals surface area (Å²) in [4.78, 5) is 21.3. The molecule has 1 unspecified atom stereocenters. The number of carbonyl (C=O) groups excluding carboxylic acids is 1. The number of hydrogen-bond donors (Lipinski definition) is 3. The molecule has 5 nitrogen and oxygen atoms in total. The number of carbonyl (C=O) groups is 2. The number of nitrogens with one attached hydrogen (secondary N) is 1. The van der Waals surface area contributed by atoms with E-state index in [1.807, 2.05) is 13.8 Å². The Balaban J connectivity index is 3.53. The van der Waals surface area contributed by atoms with Crippen molar-refractivity contribution >= 4 is 23.6 Å². The van der Waals surface area contributed by atoms with Gasteiger partial charge < -0.3 is 15.5 Å². The Labute approximate surface area is 93.2 Å². The Kier molecular flexibility index (Phi) is 7.15. The van der Waals surface area contributed by atoms with Crippen LogP contribution in [0.5, 0.6) is 0 Å². The number of amides is 1. The average Bonchev–Trinajstić information content (AvgIpc) is 2.13. The summed E-state index contributed by atoms with van der Waals surface area (Å²) < 4.78 is 0. The lowest BCUT2D eigenvalue weighted by Crippen LogP contribution is -2.35. The standard InChI is InChI=1S/C9H17NO4S/c1-6(2)7(11)3-10-8(12)4-15-5-9(13)14/h6-7,11H,3-5H2,1-2H3,(H,10,12)(H,13,14). The van der Waals surface area contributed by atoms with Crippen molar-refractivity contribution < 1.29 is 19.8 Å². The second-order valence-electron chi connectivity index (χ2n) is 3.50. The van der Waals surface area contributed by atoms with Crippen LogP contribution in [0.3, 0.4) is 0 Å². The van der Waals surface area contributed by atoms with Crippen LogP contribution in [0.15, 0.2) is 0 Å². The normalized spacial score (nSPS) is 12.5. The number of aliphatic carboxylic acids is 1. The van der Waals surface area contributed by atoms with Crippen LogP contribution in [0.4, 0.5) is 0 Å². The lowest BCUT2D eigenvalue weighted by molar-refractivity contribution is -0.133. The SMILES string of the molecule is CC(C)C(O)CNC(=O)CSCC(=O)O. The van der Waals surface area contributed by atoms with E-state index in [0.717, 1.165) is 11.8 Å². The third-order valence-electron chi connectivity index (χ3n) is 1.74. The van der Waals surface area contributed by atoms with E-state index < -0.39 is 12.1 Å². The first-order valence-electron chi connectivity index (χ1n) is 4.67. The van der Waals surface area contributed by atoms with Crippen molar-refractivity contribution in [2.75, 3.05) is 18.1 Å². The van der Waals surface area contributed by atoms with Crippen LogP contribution in [-0.2, 0) is 9.59 Å². The molecule has 0 rings (SSSR count). The number of carboxylic acids is 1. The summed E-state index contributed by atoms with van der Waals surface area (Å²) in [6.45, 7) is 3.93. The van der Waals surface area contributed by atoms with Crippen LogP contribution < -0.4 is 5.32 Å². The number of carboxylic acid groups (broad SMARTS) is 1. The van der Waals surface area contributed by atoms with E-state index in [2.05, 4.69) is 5.32 Å². The first-order chi connectivity index (χ1) is 6.93. The van der Waals surface area contributed by atoms with Crippen molar-refractivity contribution in [1.82, 2.24) is 5.32 Å². The lowest BCUT2D eigenvalue weighted by atomic mass is 10.1. The van der Waals surface area contributed by atoms with Crippen LogP contribution in [-0.4, -0.2) is 46.2 Å². The van der Waals surface area contributed by atoms with Crippen LogP contribution in [0.25, 0.3) is 0 Å². The Morgan fingerprint density at radius 2 is 1.93 bits per heavy atom. The van der Waals surface area contributed by atoms with Gasteiger partial charge in [-0.1, -0.05) is 13.8 Å². The zero-order valence-electron chi connectivity index (χ0n) is 8.90. The third kappa shape index (κ3) is 8.26. The summed E-state index contributed by atoms with van der Waals surface area (Å²) in [7, 11) is 0. The van der Waals surface area contributed by atoms with E-state index in [9.17, 15) is 14.7 Å². The summed E-state index contributed by atoms with van der Waals surface area (Å²) >= 11 is 1.04. The molecule has 0 aliphatic rings. The molecule has 0 aromatic heterocycles. The largest absolute Gasteiger partial charge is 0.481 e. The molecule has 0 aromatic rings. The van der Waals surface area contributed by atoms with Crippen molar-refractivity contribution in [1.29, 1.82) is 0 Å². The number of aliphatic hydroxyl groups excluding tert-OH is 1. The van der Waals surface area contributed by atoms with Crippen LogP contribution in [0, 0.1) is 5.92 Å². The Hall–Kier alpha value is -0.750. The minimum atomic E-state index is -0.935. The van der Waals surface area contributed by atoms with E-state index >= 15 is 0 Å². The van der Waals surface area contributed by atoms with E-state index in [1.54, 1.807) is 0 Å². The highest BCUT2D eigenvalue weighted by Gasteiger charge is 2.10. The Bertz CT molecular complexity index is 220. The van der Waals surface area contributed by atoms with Gasteiger partial charge in [0.1, 0.15) is 0 Å².